The normalized spacial score (nSPS) is 12.2. The molecule has 0 nitrogen and oxygen atoms in total. The molecule has 5 aromatic carbocycles. The Morgan fingerprint density at radius 2 is 0.727 bits per heavy atom. The average molecular weight is 433 g/mol. The van der Waals surface area contributed by atoms with Gasteiger partial charge in [-0.25, -0.2) is 0 Å². The zero-order valence-electron chi connectivity index (χ0n) is 20.9. The molecule has 0 radical (unpaired) electrons. The molecule has 0 heteroatoms. The van der Waals surface area contributed by atoms with E-state index in [4.69, 9.17) is 0 Å². The Kier molecular flexibility index (Phi) is 8.06. The zero-order valence-corrected chi connectivity index (χ0v) is 20.9. The van der Waals surface area contributed by atoms with Gasteiger partial charge >= 0.3 is 0 Å². The minimum Gasteiger partial charge on any atom is -0.0683 e. The predicted molar refractivity (Wildman–Crippen MR) is 147 cm³/mol. The largest absolute Gasteiger partial charge is 0.0714 e. The third-order valence-corrected chi connectivity index (χ3v) is 6.11. The van der Waals surface area contributed by atoms with Gasteiger partial charge in [-0.05, 0) is 43.8 Å². The van der Waals surface area contributed by atoms with Crippen LogP contribution < -0.4 is 0 Å². The molecule has 0 saturated carbocycles. The fourth-order valence-corrected chi connectivity index (χ4v) is 5.09. The van der Waals surface area contributed by atoms with Crippen LogP contribution in [-0.4, -0.2) is 0 Å². The zero-order chi connectivity index (χ0) is 23.8. The lowest BCUT2D eigenvalue weighted by Crippen LogP contribution is -2.28. The summed E-state index contributed by atoms with van der Waals surface area (Å²) in [5, 5.41) is 5.44. The van der Waals surface area contributed by atoms with Crippen molar-refractivity contribution in [3.05, 3.63) is 131 Å². The van der Waals surface area contributed by atoms with Crippen LogP contribution >= 0.6 is 0 Å². The second kappa shape index (κ2) is 11.0. The molecular weight excluding hydrogens is 396 g/mol. The predicted octanol–water partition coefficient (Wildman–Crippen LogP) is 9.77. The van der Waals surface area contributed by atoms with Crippen LogP contribution in [0.15, 0.2) is 109 Å². The van der Waals surface area contributed by atoms with Crippen LogP contribution in [0.1, 0.15) is 63.8 Å². The first kappa shape index (κ1) is 24.3. The van der Waals surface area contributed by atoms with Crippen molar-refractivity contribution >= 4 is 21.5 Å². The molecule has 0 saturated heterocycles. The quantitative estimate of drug-likeness (QED) is 0.239. The molecule has 1 aliphatic carbocycles. The topological polar surface area (TPSA) is 0 Å². The van der Waals surface area contributed by atoms with Crippen molar-refractivity contribution in [2.75, 3.05) is 0 Å². The highest BCUT2D eigenvalue weighted by molar-refractivity contribution is 6.16. The highest BCUT2D eigenvalue weighted by Crippen LogP contribution is 2.55. The van der Waals surface area contributed by atoms with Gasteiger partial charge in [0.15, 0.2) is 0 Å². The summed E-state index contributed by atoms with van der Waals surface area (Å²) in [7, 11) is 0. The van der Waals surface area contributed by atoms with Gasteiger partial charge < -0.3 is 0 Å². The second-order valence-corrected chi connectivity index (χ2v) is 7.35. The smallest absolute Gasteiger partial charge is 0.0683 e. The third kappa shape index (κ3) is 3.74. The molecule has 0 bridgehead atoms. The van der Waals surface area contributed by atoms with Gasteiger partial charge in [0.2, 0.25) is 0 Å². The molecule has 1 aliphatic rings. The summed E-state index contributed by atoms with van der Waals surface area (Å²) in [6.45, 7) is 12.0. The highest BCUT2D eigenvalue weighted by Gasteiger charge is 2.44. The van der Waals surface area contributed by atoms with Gasteiger partial charge in [-0.1, -0.05) is 151 Å². The Bertz CT molecular complexity index is 1190. The van der Waals surface area contributed by atoms with Gasteiger partial charge in [0.1, 0.15) is 0 Å². The van der Waals surface area contributed by atoms with Gasteiger partial charge in [-0.2, -0.15) is 0 Å². The minimum atomic E-state index is -0.273. The van der Waals surface area contributed by atoms with Gasteiger partial charge in [0.05, 0.1) is 5.41 Å². The summed E-state index contributed by atoms with van der Waals surface area (Å²) >= 11 is 0. The molecule has 0 heterocycles. The Hall–Kier alpha value is -3.38. The lowest BCUT2D eigenvalue weighted by Gasteiger charge is -2.34. The van der Waals surface area contributed by atoms with Gasteiger partial charge in [0.25, 0.3) is 0 Å². The average Bonchev–Trinajstić information content (AvgIpc) is 3.24. The maximum absolute atomic E-state index is 2.32. The fourth-order valence-electron chi connectivity index (χ4n) is 5.09. The van der Waals surface area contributed by atoms with Crippen molar-refractivity contribution in [1.82, 2.24) is 0 Å². The second-order valence-electron chi connectivity index (χ2n) is 7.35. The molecule has 0 aliphatic heterocycles. The molecule has 0 unspecified atom stereocenters. The van der Waals surface area contributed by atoms with Crippen molar-refractivity contribution < 1.29 is 0 Å². The van der Waals surface area contributed by atoms with Gasteiger partial charge in [0, 0.05) is 0 Å². The Morgan fingerprint density at radius 3 is 1.09 bits per heavy atom. The van der Waals surface area contributed by atoms with Gasteiger partial charge in [-0.3, -0.25) is 0 Å². The lowest BCUT2D eigenvalue weighted by molar-refractivity contribution is 0.771. The summed E-state index contributed by atoms with van der Waals surface area (Å²) in [6.07, 6.45) is 0. The van der Waals surface area contributed by atoms with E-state index in [2.05, 4.69) is 109 Å². The van der Waals surface area contributed by atoms with E-state index < -0.39 is 0 Å². The van der Waals surface area contributed by atoms with Crippen molar-refractivity contribution in [3.8, 4) is 0 Å². The van der Waals surface area contributed by atoms with Crippen LogP contribution in [0, 0.1) is 0 Å². The first-order valence-electron chi connectivity index (χ1n) is 12.5. The summed E-state index contributed by atoms with van der Waals surface area (Å²) in [4.78, 5) is 0. The van der Waals surface area contributed by atoms with Crippen LogP contribution in [0.3, 0.4) is 0 Å². The number of rotatable bonds is 2. The fraction of sp³-hybridized carbons (Fsp3) is 0.212. The molecule has 0 atom stereocenters. The SMILES string of the molecule is CC.CC.CC.c1ccc(C2(c3ccccc3)c3cccc4ccc5cccc2c5c34)cc1. The molecule has 0 spiro atoms. The third-order valence-electron chi connectivity index (χ3n) is 6.11. The van der Waals surface area contributed by atoms with Crippen molar-refractivity contribution in [1.29, 1.82) is 0 Å². The molecule has 0 amide bonds. The van der Waals surface area contributed by atoms with Crippen LogP contribution in [-0.2, 0) is 5.41 Å². The molecule has 0 N–H and O–H groups in total. The molecule has 168 valence electrons. The molecule has 33 heavy (non-hydrogen) atoms. The highest BCUT2D eigenvalue weighted by atomic mass is 14.4. The molecule has 6 rings (SSSR count). The Labute approximate surface area is 199 Å². The van der Waals surface area contributed by atoms with E-state index in [0.29, 0.717) is 0 Å². The molecule has 5 aromatic rings. The van der Waals surface area contributed by atoms with Crippen molar-refractivity contribution in [2.24, 2.45) is 0 Å². The Morgan fingerprint density at radius 1 is 0.364 bits per heavy atom. The summed E-state index contributed by atoms with van der Waals surface area (Å²) < 4.78 is 0. The van der Waals surface area contributed by atoms with E-state index in [1.54, 1.807) is 0 Å². The molecular formula is C33H36. The van der Waals surface area contributed by atoms with Crippen LogP contribution in [0.2, 0.25) is 0 Å². The standard InChI is InChI=1S/C27H18.3C2H6/c1-3-11-21(12-4-1)27(22-13-5-2-6-14-22)23-15-7-9-19-17-18-20-10-8-16-24(27)26(20)25(19)23;3*1-2/h1-18H;3*1-2H3. The number of benzene rings is 5. The van der Waals surface area contributed by atoms with Crippen molar-refractivity contribution in [2.45, 2.75) is 47.0 Å². The molecule has 0 aromatic heterocycles. The summed E-state index contributed by atoms with van der Waals surface area (Å²) in [6, 6.07) is 40.0. The van der Waals surface area contributed by atoms with Crippen LogP contribution in [0.25, 0.3) is 21.5 Å². The molecule has 0 fully saturated rings. The summed E-state index contributed by atoms with van der Waals surface area (Å²) in [5.74, 6) is 0. The summed E-state index contributed by atoms with van der Waals surface area (Å²) in [5.41, 5.74) is 5.17. The first-order valence-corrected chi connectivity index (χ1v) is 12.5. The maximum atomic E-state index is 2.32. The monoisotopic (exact) mass is 432 g/mol. The number of hydrogen-bond acceptors (Lipinski definition) is 0. The number of hydrogen-bond donors (Lipinski definition) is 0. The van der Waals surface area contributed by atoms with E-state index in [1.165, 1.54) is 43.8 Å². The van der Waals surface area contributed by atoms with E-state index in [-0.39, 0.29) is 5.41 Å². The van der Waals surface area contributed by atoms with E-state index in [1.807, 2.05) is 41.5 Å². The first-order chi connectivity index (χ1) is 16.4. The van der Waals surface area contributed by atoms with Gasteiger partial charge in [-0.15, -0.1) is 0 Å². The van der Waals surface area contributed by atoms with E-state index in [9.17, 15) is 0 Å². The van der Waals surface area contributed by atoms with E-state index >= 15 is 0 Å². The lowest BCUT2D eigenvalue weighted by atomic mass is 9.67. The van der Waals surface area contributed by atoms with Crippen LogP contribution in [0.5, 0.6) is 0 Å². The van der Waals surface area contributed by atoms with E-state index in [0.717, 1.165) is 0 Å². The minimum absolute atomic E-state index is 0.273. The van der Waals surface area contributed by atoms with Crippen molar-refractivity contribution in [3.63, 3.8) is 0 Å². The maximum Gasteiger partial charge on any atom is 0.0714 e. The van der Waals surface area contributed by atoms with Crippen LogP contribution in [0.4, 0.5) is 0 Å². The Balaban J connectivity index is 0.000000475.